The highest BCUT2D eigenvalue weighted by Gasteiger charge is 2.33. The highest BCUT2D eigenvalue weighted by atomic mass is 32.2. The molecule has 1 heterocycles. The first-order valence-electron chi connectivity index (χ1n) is 9.13. The maximum Gasteiger partial charge on any atom is 0.416 e. The number of benzene rings is 1. The highest BCUT2D eigenvalue weighted by molar-refractivity contribution is 7.88. The third-order valence-electron chi connectivity index (χ3n) is 3.95. The quantitative estimate of drug-likeness (QED) is 0.654. The van der Waals surface area contributed by atoms with E-state index in [1.54, 1.807) is 6.07 Å². The van der Waals surface area contributed by atoms with Crippen molar-refractivity contribution in [1.29, 1.82) is 0 Å². The van der Waals surface area contributed by atoms with Crippen LogP contribution in [0.2, 0.25) is 0 Å². The lowest BCUT2D eigenvalue weighted by Gasteiger charge is -2.30. The average molecular weight is 396 g/mol. The van der Waals surface area contributed by atoms with Gasteiger partial charge < -0.3 is 0 Å². The Morgan fingerprint density at radius 1 is 1.12 bits per heavy atom. The van der Waals surface area contributed by atoms with Crippen molar-refractivity contribution in [2.24, 2.45) is 0 Å². The number of piperidine rings is 1. The Hall–Kier alpha value is -1.08. The average Bonchev–Trinajstić information content (AvgIpc) is 2.55. The summed E-state index contributed by atoms with van der Waals surface area (Å²) < 4.78 is 62.5. The molecule has 1 aromatic rings. The lowest BCUT2D eigenvalue weighted by Crippen LogP contribution is -2.37. The predicted molar refractivity (Wildman–Crippen MR) is 102 cm³/mol. The van der Waals surface area contributed by atoms with Crippen LogP contribution in [0.4, 0.5) is 13.2 Å². The molecule has 2 rings (SSSR count). The van der Waals surface area contributed by atoms with E-state index in [0.717, 1.165) is 11.6 Å². The normalized spacial score (nSPS) is 16.2. The molecule has 0 radical (unpaired) electrons. The molecule has 1 saturated heterocycles. The standard InChI is InChI=1S/C14H18F3NO2S.C3H8.C2H6/c1-10-9-12(3-4-13(10)14(15,16)17)11-5-7-18(8-6-11)21(2,19)20;1-3-2;1-2/h3-4,9,11H,5-8H2,1-2H3;3H2,1-2H3;1-2H3. The van der Waals surface area contributed by atoms with Crippen molar-refractivity contribution < 1.29 is 21.6 Å². The molecule has 3 nitrogen and oxygen atoms in total. The van der Waals surface area contributed by atoms with E-state index in [9.17, 15) is 21.6 Å². The lowest BCUT2D eigenvalue weighted by atomic mass is 9.88. The van der Waals surface area contributed by atoms with Crippen LogP contribution in [0.25, 0.3) is 0 Å². The lowest BCUT2D eigenvalue weighted by molar-refractivity contribution is -0.138. The van der Waals surface area contributed by atoms with Crippen molar-refractivity contribution in [1.82, 2.24) is 4.31 Å². The van der Waals surface area contributed by atoms with E-state index in [1.807, 2.05) is 13.8 Å². The van der Waals surface area contributed by atoms with Crippen molar-refractivity contribution in [3.05, 3.63) is 34.9 Å². The van der Waals surface area contributed by atoms with Crippen LogP contribution in [-0.2, 0) is 16.2 Å². The fourth-order valence-electron chi connectivity index (χ4n) is 2.78. The van der Waals surface area contributed by atoms with Gasteiger partial charge in [-0.2, -0.15) is 13.2 Å². The zero-order chi connectivity index (χ0) is 20.5. The first kappa shape index (κ1) is 24.9. The van der Waals surface area contributed by atoms with Crippen molar-refractivity contribution in [2.75, 3.05) is 19.3 Å². The topological polar surface area (TPSA) is 37.4 Å². The smallest absolute Gasteiger partial charge is 0.213 e. The number of nitrogens with zero attached hydrogens (tertiary/aromatic N) is 1. The zero-order valence-electron chi connectivity index (χ0n) is 16.7. The third-order valence-corrected chi connectivity index (χ3v) is 5.25. The molecule has 26 heavy (non-hydrogen) atoms. The zero-order valence-corrected chi connectivity index (χ0v) is 17.5. The van der Waals surface area contributed by atoms with Crippen LogP contribution in [-0.4, -0.2) is 32.1 Å². The van der Waals surface area contributed by atoms with Crippen LogP contribution in [0.1, 0.15) is 69.6 Å². The summed E-state index contributed by atoms with van der Waals surface area (Å²) in [6, 6.07) is 4.20. The molecule has 0 bridgehead atoms. The molecule has 1 aromatic carbocycles. The molecule has 0 spiro atoms. The van der Waals surface area contributed by atoms with Crippen LogP contribution in [0.3, 0.4) is 0 Å². The summed E-state index contributed by atoms with van der Waals surface area (Å²) in [5.74, 6) is 0.115. The Balaban J connectivity index is 0.00000113. The Kier molecular flexibility index (Phi) is 10.5. The van der Waals surface area contributed by atoms with Gasteiger partial charge in [0.2, 0.25) is 10.0 Å². The van der Waals surface area contributed by atoms with E-state index in [4.69, 9.17) is 0 Å². The minimum absolute atomic E-state index is 0.115. The van der Waals surface area contributed by atoms with Gasteiger partial charge in [-0.3, -0.25) is 0 Å². The maximum atomic E-state index is 12.7. The molecule has 0 saturated carbocycles. The molecular formula is C19H32F3NO2S. The summed E-state index contributed by atoms with van der Waals surface area (Å²) in [6.07, 6.45) is -0.631. The number of halogens is 3. The van der Waals surface area contributed by atoms with E-state index in [1.165, 1.54) is 30.0 Å². The van der Waals surface area contributed by atoms with E-state index >= 15 is 0 Å². The summed E-state index contributed by atoms with van der Waals surface area (Å²) in [5.41, 5.74) is 0.457. The Morgan fingerprint density at radius 3 is 1.92 bits per heavy atom. The number of hydrogen-bond acceptors (Lipinski definition) is 2. The van der Waals surface area contributed by atoms with E-state index in [0.29, 0.717) is 25.9 Å². The van der Waals surface area contributed by atoms with Crippen molar-refractivity contribution in [2.45, 2.75) is 66.0 Å². The van der Waals surface area contributed by atoms with Crippen molar-refractivity contribution >= 4 is 10.0 Å². The summed E-state index contributed by atoms with van der Waals surface area (Å²) in [7, 11) is -3.18. The molecule has 0 aliphatic carbocycles. The van der Waals surface area contributed by atoms with Gasteiger partial charge in [-0.15, -0.1) is 0 Å². The van der Waals surface area contributed by atoms with E-state index < -0.39 is 21.8 Å². The summed E-state index contributed by atoms with van der Waals surface area (Å²) in [6.45, 7) is 10.5. The minimum atomic E-state index is -4.33. The monoisotopic (exact) mass is 395 g/mol. The van der Waals surface area contributed by atoms with Gasteiger partial charge in [-0.05, 0) is 42.9 Å². The molecular weight excluding hydrogens is 363 g/mol. The minimum Gasteiger partial charge on any atom is -0.213 e. The highest BCUT2D eigenvalue weighted by Crippen LogP contribution is 2.35. The molecule has 1 aliphatic heterocycles. The number of rotatable bonds is 2. The van der Waals surface area contributed by atoms with Gasteiger partial charge in [0.05, 0.1) is 11.8 Å². The van der Waals surface area contributed by atoms with Crippen LogP contribution in [0, 0.1) is 6.92 Å². The van der Waals surface area contributed by atoms with E-state index in [-0.39, 0.29) is 11.5 Å². The van der Waals surface area contributed by atoms with Crippen molar-refractivity contribution in [3.8, 4) is 0 Å². The molecule has 152 valence electrons. The maximum absolute atomic E-state index is 12.7. The molecule has 0 unspecified atom stereocenters. The van der Waals surface area contributed by atoms with Crippen LogP contribution >= 0.6 is 0 Å². The fourth-order valence-corrected chi connectivity index (χ4v) is 3.65. The van der Waals surface area contributed by atoms with Gasteiger partial charge in [0, 0.05) is 13.1 Å². The van der Waals surface area contributed by atoms with Gasteiger partial charge in [0.1, 0.15) is 0 Å². The number of aryl methyl sites for hydroxylation is 1. The summed E-state index contributed by atoms with van der Waals surface area (Å²) in [5, 5.41) is 0. The molecule has 1 aliphatic rings. The van der Waals surface area contributed by atoms with Gasteiger partial charge in [0.25, 0.3) is 0 Å². The molecule has 7 heteroatoms. The van der Waals surface area contributed by atoms with Gasteiger partial charge in [-0.1, -0.05) is 46.2 Å². The molecule has 0 amide bonds. The molecule has 0 atom stereocenters. The van der Waals surface area contributed by atoms with Crippen LogP contribution in [0.15, 0.2) is 18.2 Å². The second-order valence-corrected chi connectivity index (χ2v) is 8.20. The number of sulfonamides is 1. The second-order valence-electron chi connectivity index (χ2n) is 6.22. The van der Waals surface area contributed by atoms with Crippen LogP contribution < -0.4 is 0 Å². The summed E-state index contributed by atoms with van der Waals surface area (Å²) >= 11 is 0. The fraction of sp³-hybridized carbons (Fsp3) is 0.684. The van der Waals surface area contributed by atoms with Gasteiger partial charge >= 0.3 is 6.18 Å². The Bertz CT molecular complexity index is 635. The predicted octanol–water partition coefficient (Wildman–Crippen LogP) is 5.60. The Labute approximate surface area is 156 Å². The van der Waals surface area contributed by atoms with Gasteiger partial charge in [-0.25, -0.2) is 12.7 Å². The third kappa shape index (κ3) is 7.66. The largest absolute Gasteiger partial charge is 0.416 e. The van der Waals surface area contributed by atoms with Crippen molar-refractivity contribution in [3.63, 3.8) is 0 Å². The second kappa shape index (κ2) is 10.9. The summed E-state index contributed by atoms with van der Waals surface area (Å²) in [4.78, 5) is 0. The molecule has 0 N–H and O–H groups in total. The first-order valence-corrected chi connectivity index (χ1v) is 11.0. The Morgan fingerprint density at radius 2 is 1.58 bits per heavy atom. The van der Waals surface area contributed by atoms with E-state index in [2.05, 4.69) is 13.8 Å². The first-order chi connectivity index (χ1) is 12.0. The van der Waals surface area contributed by atoms with Crippen LogP contribution in [0.5, 0.6) is 0 Å². The SMILES string of the molecule is CC.CCC.Cc1cc(C2CCN(S(C)(=O)=O)CC2)ccc1C(F)(F)F. The van der Waals surface area contributed by atoms with Gasteiger partial charge in [0.15, 0.2) is 0 Å². The molecule has 1 fully saturated rings. The number of alkyl halides is 3. The molecule has 0 aromatic heterocycles. The number of hydrogen-bond donors (Lipinski definition) is 0.